The number of hydrogen-bond donors (Lipinski definition) is 4. The zero-order valence-corrected chi connectivity index (χ0v) is 13.8. The van der Waals surface area contributed by atoms with Gasteiger partial charge in [0.05, 0.1) is 23.7 Å². The molecule has 0 aromatic heterocycles. The Balaban J connectivity index is 2.20. The number of likely N-dealkylation sites (N-methyl/N-ethyl adjacent to an activating group) is 1. The van der Waals surface area contributed by atoms with E-state index in [-0.39, 0.29) is 18.6 Å². The van der Waals surface area contributed by atoms with Crippen LogP contribution >= 0.6 is 0 Å². The maximum Gasteiger partial charge on any atom is 0.0823 e. The van der Waals surface area contributed by atoms with Crippen LogP contribution in [0.1, 0.15) is 38.5 Å². The van der Waals surface area contributed by atoms with Crippen LogP contribution in [0.25, 0.3) is 0 Å². The van der Waals surface area contributed by atoms with Crippen LogP contribution in [0.4, 0.5) is 0 Å². The van der Waals surface area contributed by atoms with Crippen LogP contribution in [-0.4, -0.2) is 46.7 Å². The minimum Gasteiger partial charge on any atom is -0.392 e. The van der Waals surface area contributed by atoms with Gasteiger partial charge in [0.15, 0.2) is 0 Å². The number of allylic oxidation sites excluding steroid dienone is 2. The zero-order valence-electron chi connectivity index (χ0n) is 13.8. The summed E-state index contributed by atoms with van der Waals surface area (Å²) < 4.78 is 0. The third-order valence-corrected chi connectivity index (χ3v) is 6.47. The van der Waals surface area contributed by atoms with Gasteiger partial charge in [-0.25, -0.2) is 0 Å². The maximum absolute atomic E-state index is 11.6. The molecule has 4 nitrogen and oxygen atoms in total. The lowest BCUT2D eigenvalue weighted by Gasteiger charge is -2.63. The summed E-state index contributed by atoms with van der Waals surface area (Å²) in [7, 11) is 1.85. The molecule has 23 heavy (non-hydrogen) atoms. The summed E-state index contributed by atoms with van der Waals surface area (Å²) in [6.07, 6.45) is 13.5. The van der Waals surface area contributed by atoms with Gasteiger partial charge in [0, 0.05) is 11.6 Å². The molecule has 126 valence electrons. The minimum absolute atomic E-state index is 0.0367. The SMILES string of the molecule is C#CC1=C(/C=C\CO)CC2CCC[C@]13[C@H](O)[C@H](NC)CC[C@]23O. The minimum atomic E-state index is -0.920. The lowest BCUT2D eigenvalue weighted by molar-refractivity contribution is -0.214. The average Bonchev–Trinajstić information content (AvgIpc) is 2.53. The van der Waals surface area contributed by atoms with Gasteiger partial charge in [-0.05, 0) is 50.6 Å². The Morgan fingerprint density at radius 3 is 2.83 bits per heavy atom. The lowest BCUT2D eigenvalue weighted by Crippen LogP contribution is -2.70. The summed E-state index contributed by atoms with van der Waals surface area (Å²) in [4.78, 5) is 0. The molecular weight excluding hydrogens is 290 g/mol. The molecule has 0 aromatic rings. The van der Waals surface area contributed by atoms with Crippen LogP contribution in [0.3, 0.4) is 0 Å². The molecule has 3 aliphatic rings. The van der Waals surface area contributed by atoms with Gasteiger partial charge >= 0.3 is 0 Å². The smallest absolute Gasteiger partial charge is 0.0823 e. The first-order chi connectivity index (χ1) is 11.0. The fraction of sp³-hybridized carbons (Fsp3) is 0.684. The lowest BCUT2D eigenvalue weighted by atomic mass is 9.44. The molecule has 5 atom stereocenters. The predicted molar refractivity (Wildman–Crippen MR) is 89.5 cm³/mol. The van der Waals surface area contributed by atoms with E-state index in [0.717, 1.165) is 43.3 Å². The Morgan fingerprint density at radius 1 is 1.39 bits per heavy atom. The van der Waals surface area contributed by atoms with E-state index < -0.39 is 17.1 Å². The van der Waals surface area contributed by atoms with Gasteiger partial charge < -0.3 is 20.6 Å². The first-order valence-electron chi connectivity index (χ1n) is 8.60. The van der Waals surface area contributed by atoms with Crippen molar-refractivity contribution in [2.45, 2.75) is 56.3 Å². The largest absolute Gasteiger partial charge is 0.392 e. The van der Waals surface area contributed by atoms with E-state index in [0.29, 0.717) is 6.42 Å². The van der Waals surface area contributed by atoms with E-state index in [9.17, 15) is 10.2 Å². The van der Waals surface area contributed by atoms with Crippen molar-refractivity contribution in [1.29, 1.82) is 0 Å². The molecule has 0 heterocycles. The molecule has 0 saturated heterocycles. The van der Waals surface area contributed by atoms with Crippen LogP contribution in [-0.2, 0) is 0 Å². The van der Waals surface area contributed by atoms with Gasteiger partial charge in [0.1, 0.15) is 0 Å². The molecule has 0 spiro atoms. The summed E-state index contributed by atoms with van der Waals surface area (Å²) in [5.74, 6) is 2.93. The van der Waals surface area contributed by atoms with Crippen molar-refractivity contribution < 1.29 is 15.3 Å². The van der Waals surface area contributed by atoms with Crippen LogP contribution in [0.15, 0.2) is 23.3 Å². The van der Waals surface area contributed by atoms with Crippen molar-refractivity contribution in [2.24, 2.45) is 11.3 Å². The Labute approximate surface area is 138 Å². The summed E-state index contributed by atoms with van der Waals surface area (Å²) in [6, 6.07) is -0.0569. The Bertz CT molecular complexity index is 576. The topological polar surface area (TPSA) is 72.7 Å². The summed E-state index contributed by atoms with van der Waals surface area (Å²) in [5.41, 5.74) is 0.0556. The molecule has 2 fully saturated rings. The fourth-order valence-corrected chi connectivity index (χ4v) is 5.44. The molecule has 0 aromatic carbocycles. The van der Waals surface area contributed by atoms with Crippen molar-refractivity contribution in [3.63, 3.8) is 0 Å². The van der Waals surface area contributed by atoms with Gasteiger partial charge in [-0.1, -0.05) is 24.5 Å². The second kappa shape index (κ2) is 6.07. The van der Waals surface area contributed by atoms with Gasteiger partial charge in [-0.3, -0.25) is 0 Å². The van der Waals surface area contributed by atoms with E-state index in [1.807, 2.05) is 13.1 Å². The highest BCUT2D eigenvalue weighted by Crippen LogP contribution is 2.63. The monoisotopic (exact) mass is 317 g/mol. The number of aliphatic hydroxyl groups is 3. The standard InChI is InChI=1S/C19H27NO3/c1-3-15-13(6-5-11-21)12-14-7-4-9-18(15)17(22)16(20-2)8-10-19(14,18)23/h1,5-6,14,16-17,20-23H,4,7-12H2,2H3/b6-5-/t14?,16-,17-,18-,19+/m1/s1. The third-order valence-electron chi connectivity index (χ3n) is 6.47. The van der Waals surface area contributed by atoms with Crippen LogP contribution in [0, 0.1) is 23.7 Å². The second-order valence-electron chi connectivity index (χ2n) is 7.20. The number of nitrogens with one attached hydrogen (secondary N) is 1. The number of terminal acetylenes is 1. The Morgan fingerprint density at radius 2 is 2.17 bits per heavy atom. The molecule has 0 aliphatic heterocycles. The average molecular weight is 317 g/mol. The second-order valence-corrected chi connectivity index (χ2v) is 7.20. The van der Waals surface area contributed by atoms with Gasteiger partial charge in [-0.15, -0.1) is 6.42 Å². The molecular formula is C19H27NO3. The number of aliphatic hydroxyl groups excluding tert-OH is 2. The summed E-state index contributed by atoms with van der Waals surface area (Å²) in [6.45, 7) is -0.0367. The van der Waals surface area contributed by atoms with Crippen LogP contribution in [0.2, 0.25) is 0 Å². The van der Waals surface area contributed by atoms with Crippen molar-refractivity contribution in [1.82, 2.24) is 5.32 Å². The van der Waals surface area contributed by atoms with Crippen LogP contribution in [0.5, 0.6) is 0 Å². The van der Waals surface area contributed by atoms with E-state index in [1.165, 1.54) is 0 Å². The fourth-order valence-electron chi connectivity index (χ4n) is 5.44. The molecule has 3 rings (SSSR count). The number of rotatable bonds is 3. The molecule has 4 N–H and O–H groups in total. The molecule has 0 amide bonds. The highest BCUT2D eigenvalue weighted by molar-refractivity contribution is 5.50. The molecule has 4 heteroatoms. The first kappa shape index (κ1) is 16.7. The molecule has 1 unspecified atom stereocenters. The van der Waals surface area contributed by atoms with Crippen molar-refractivity contribution in [3.8, 4) is 12.3 Å². The van der Waals surface area contributed by atoms with Gasteiger partial charge in [0.2, 0.25) is 0 Å². The highest BCUT2D eigenvalue weighted by Gasteiger charge is 2.66. The van der Waals surface area contributed by atoms with Crippen molar-refractivity contribution in [2.75, 3.05) is 13.7 Å². The van der Waals surface area contributed by atoms with Crippen molar-refractivity contribution >= 4 is 0 Å². The van der Waals surface area contributed by atoms with E-state index in [1.54, 1.807) is 6.08 Å². The normalized spacial score (nSPS) is 43.3. The van der Waals surface area contributed by atoms with E-state index >= 15 is 0 Å². The summed E-state index contributed by atoms with van der Waals surface area (Å²) in [5, 5.41) is 35.0. The predicted octanol–water partition coefficient (Wildman–Crippen LogP) is 1.13. The van der Waals surface area contributed by atoms with Gasteiger partial charge in [0.25, 0.3) is 0 Å². The molecule has 2 saturated carbocycles. The quantitative estimate of drug-likeness (QED) is 0.589. The third kappa shape index (κ3) is 2.15. The zero-order chi connectivity index (χ0) is 16.7. The Hall–Kier alpha value is -1.12. The Kier molecular flexibility index (Phi) is 4.41. The maximum atomic E-state index is 11.6. The molecule has 3 aliphatic carbocycles. The number of hydrogen-bond acceptors (Lipinski definition) is 4. The summed E-state index contributed by atoms with van der Waals surface area (Å²) >= 11 is 0. The highest BCUT2D eigenvalue weighted by atomic mass is 16.3. The van der Waals surface area contributed by atoms with Crippen LogP contribution < -0.4 is 5.32 Å². The van der Waals surface area contributed by atoms with E-state index in [2.05, 4.69) is 11.2 Å². The van der Waals surface area contributed by atoms with Gasteiger partial charge in [-0.2, -0.15) is 0 Å². The molecule has 2 bridgehead atoms. The van der Waals surface area contributed by atoms with Crippen molar-refractivity contribution in [3.05, 3.63) is 23.3 Å². The molecule has 0 radical (unpaired) electrons. The van der Waals surface area contributed by atoms with E-state index in [4.69, 9.17) is 11.5 Å². The first-order valence-corrected chi connectivity index (χ1v) is 8.60.